The molecule has 162 valence electrons. The number of hydrogen-bond donors (Lipinski definition) is 4. The van der Waals surface area contributed by atoms with Crippen molar-refractivity contribution in [1.29, 1.82) is 0 Å². The second kappa shape index (κ2) is 11.4. The smallest absolute Gasteiger partial charge is 1.00 e. The van der Waals surface area contributed by atoms with E-state index in [0.29, 0.717) is 4.43 Å². The normalized spacial score (nSPS) is 18.8. The predicted octanol–water partition coefficient (Wildman–Crippen LogP) is -4.41. The Labute approximate surface area is 211 Å². The first kappa shape index (κ1) is 26.8. The van der Waals surface area contributed by atoms with Crippen molar-refractivity contribution in [3.8, 4) is 0 Å². The van der Waals surface area contributed by atoms with E-state index >= 15 is 0 Å². The van der Waals surface area contributed by atoms with Gasteiger partial charge in [0.15, 0.2) is 10.8 Å². The summed E-state index contributed by atoms with van der Waals surface area (Å²) in [6.45, 7) is -0.502. The summed E-state index contributed by atoms with van der Waals surface area (Å²) < 4.78 is 37.0. The number of nitrogens with zero attached hydrogens (tertiary/aromatic N) is 3. The third-order valence-corrected chi connectivity index (χ3v) is 5.47. The maximum absolute atomic E-state index is 12.6. The molecule has 1 saturated heterocycles. The molecule has 3 amide bonds. The standard InChI is InChI=1S/C12H15IN6O8S2.Na.H/c13-1-2-27-18-7(5-4-28-11(14)16-5)9(20)17-8-6(3-26-12(15)22)19(10(8)21)29(23,24)25;;/h4,6,8H,1-3H2,(H2,14,16)(H2,15,22)(H,17,20)(H,23,24,25);;/q;+1;-1/t6-,8+;;/m1../s1. The molecular formula is C12H16IN6NaO8S2. The Morgan fingerprint density at radius 1 is 1.50 bits per heavy atom. The molecule has 1 aromatic heterocycles. The quantitative estimate of drug-likeness (QED) is 0.0318. The van der Waals surface area contributed by atoms with Crippen LogP contribution in [0.2, 0.25) is 0 Å². The van der Waals surface area contributed by atoms with Gasteiger partial charge in [-0.15, -0.1) is 11.3 Å². The number of ether oxygens (including phenoxy) is 1. The van der Waals surface area contributed by atoms with Crippen LogP contribution >= 0.6 is 33.9 Å². The van der Waals surface area contributed by atoms with Crippen LogP contribution in [-0.2, 0) is 29.5 Å². The van der Waals surface area contributed by atoms with Gasteiger partial charge >= 0.3 is 46.0 Å². The summed E-state index contributed by atoms with van der Waals surface area (Å²) >= 11 is 3.06. The summed E-state index contributed by atoms with van der Waals surface area (Å²) in [6.07, 6.45) is -1.24. The van der Waals surface area contributed by atoms with Crippen LogP contribution in [-0.4, -0.2) is 75.6 Å². The third-order valence-electron chi connectivity index (χ3n) is 3.40. The summed E-state index contributed by atoms with van der Waals surface area (Å²) in [5, 5.41) is 7.53. The predicted molar refractivity (Wildman–Crippen MR) is 109 cm³/mol. The number of β-lactam (4-membered cyclic amide) rings is 1. The number of primary amides is 1. The van der Waals surface area contributed by atoms with Crippen LogP contribution in [0.3, 0.4) is 0 Å². The minimum absolute atomic E-state index is 0. The number of oxime groups is 1. The molecule has 1 aliphatic heterocycles. The molecular weight excluding hydrogens is 570 g/mol. The minimum Gasteiger partial charge on any atom is -1.00 e. The molecule has 18 heteroatoms. The van der Waals surface area contributed by atoms with Crippen molar-refractivity contribution < 1.29 is 67.9 Å². The Bertz CT molecular complexity index is 947. The number of aromatic nitrogens is 1. The van der Waals surface area contributed by atoms with Crippen molar-refractivity contribution in [3.63, 3.8) is 0 Å². The van der Waals surface area contributed by atoms with E-state index in [0.717, 1.165) is 11.3 Å². The van der Waals surface area contributed by atoms with Gasteiger partial charge in [-0.2, -0.15) is 8.42 Å². The van der Waals surface area contributed by atoms with E-state index in [1.165, 1.54) is 5.38 Å². The molecule has 14 nitrogen and oxygen atoms in total. The zero-order valence-corrected chi connectivity index (χ0v) is 21.1. The van der Waals surface area contributed by atoms with E-state index in [9.17, 15) is 22.8 Å². The van der Waals surface area contributed by atoms with E-state index in [-0.39, 0.29) is 58.4 Å². The van der Waals surface area contributed by atoms with Crippen molar-refractivity contribution in [2.75, 3.05) is 23.4 Å². The molecule has 1 aromatic rings. The molecule has 30 heavy (non-hydrogen) atoms. The number of thiazole rings is 1. The fourth-order valence-corrected chi connectivity index (χ4v) is 3.86. The summed E-state index contributed by atoms with van der Waals surface area (Å²) in [7, 11) is -4.95. The van der Waals surface area contributed by atoms with Gasteiger partial charge in [0.2, 0.25) is 0 Å². The van der Waals surface area contributed by atoms with Gasteiger partial charge in [0.05, 0.1) is 0 Å². The molecule has 2 atom stereocenters. The van der Waals surface area contributed by atoms with Crippen molar-refractivity contribution >= 4 is 73.0 Å². The maximum Gasteiger partial charge on any atom is 1.00 e. The average molecular weight is 586 g/mol. The molecule has 0 saturated carbocycles. The molecule has 2 heterocycles. The van der Waals surface area contributed by atoms with E-state index < -0.39 is 46.9 Å². The SMILES string of the molecule is NC(=O)OC[C@@H]1[C@H](NC(=O)C(=NOCCI)c2csc(N)n2)C(=O)N1S(=O)(=O)O.[H-].[Na+]. The van der Waals surface area contributed by atoms with Crippen LogP contribution in [0, 0.1) is 0 Å². The average Bonchev–Trinajstić information content (AvgIpc) is 3.04. The Morgan fingerprint density at radius 3 is 2.67 bits per heavy atom. The fraction of sp³-hybridized carbons (Fsp3) is 0.417. The summed E-state index contributed by atoms with van der Waals surface area (Å²) in [6, 6.07) is -2.86. The number of carbonyl (C=O) groups is 3. The number of nitrogens with one attached hydrogen (secondary N) is 1. The first-order valence-corrected chi connectivity index (χ1v) is 11.4. The number of halogens is 1. The minimum atomic E-state index is -4.95. The number of amides is 3. The number of alkyl halides is 1. The molecule has 1 fully saturated rings. The largest absolute Gasteiger partial charge is 1.00 e. The van der Waals surface area contributed by atoms with Gasteiger partial charge in [-0.1, -0.05) is 27.7 Å². The van der Waals surface area contributed by atoms with Crippen molar-refractivity contribution in [3.05, 3.63) is 11.1 Å². The first-order valence-electron chi connectivity index (χ1n) is 7.57. The number of carbonyl (C=O) groups excluding carboxylic acids is 3. The number of anilines is 1. The zero-order chi connectivity index (χ0) is 21.8. The van der Waals surface area contributed by atoms with Crippen molar-refractivity contribution in [1.82, 2.24) is 14.6 Å². The van der Waals surface area contributed by atoms with Crippen LogP contribution in [0.5, 0.6) is 0 Å². The van der Waals surface area contributed by atoms with Crippen molar-refractivity contribution in [2.45, 2.75) is 12.1 Å². The number of hydrogen-bond acceptors (Lipinski definition) is 11. The molecule has 0 spiro atoms. The monoisotopic (exact) mass is 586 g/mol. The molecule has 0 radical (unpaired) electrons. The topological polar surface area (TPSA) is 217 Å². The van der Waals surface area contributed by atoms with Gasteiger partial charge in [-0.05, 0) is 0 Å². The summed E-state index contributed by atoms with van der Waals surface area (Å²) in [4.78, 5) is 44.4. The van der Waals surface area contributed by atoms with E-state index in [4.69, 9.17) is 20.9 Å². The second-order valence-corrected chi connectivity index (χ2v) is 8.55. The number of nitrogen functional groups attached to an aromatic ring is 1. The molecule has 1 aliphatic rings. The summed E-state index contributed by atoms with van der Waals surface area (Å²) in [5.41, 5.74) is 10.1. The Hall–Kier alpha value is -1.25. The second-order valence-electron chi connectivity index (χ2n) is 5.29. The van der Waals surface area contributed by atoms with Crippen LogP contribution in [0.1, 0.15) is 7.12 Å². The maximum atomic E-state index is 12.6. The van der Waals surface area contributed by atoms with Gasteiger partial charge in [0, 0.05) is 9.81 Å². The van der Waals surface area contributed by atoms with Gasteiger partial charge in [-0.3, -0.25) is 14.1 Å². The van der Waals surface area contributed by atoms with Crippen LogP contribution in [0.25, 0.3) is 0 Å². The van der Waals surface area contributed by atoms with Gasteiger partial charge in [0.1, 0.15) is 31.0 Å². The van der Waals surface area contributed by atoms with Gasteiger partial charge in [-0.25, -0.2) is 14.1 Å². The van der Waals surface area contributed by atoms with Crippen molar-refractivity contribution in [2.24, 2.45) is 10.9 Å². The van der Waals surface area contributed by atoms with E-state index in [1.54, 1.807) is 0 Å². The summed E-state index contributed by atoms with van der Waals surface area (Å²) in [5.74, 6) is -2.08. The fourth-order valence-electron chi connectivity index (χ4n) is 2.25. The van der Waals surface area contributed by atoms with E-state index in [1.807, 2.05) is 22.6 Å². The van der Waals surface area contributed by atoms with Crippen LogP contribution in [0.15, 0.2) is 10.5 Å². The number of nitrogens with two attached hydrogens (primary N) is 2. The van der Waals surface area contributed by atoms with Gasteiger partial charge < -0.3 is 27.8 Å². The Kier molecular flexibility index (Phi) is 10.2. The third kappa shape index (κ3) is 6.62. The Balaban J connectivity index is 0.00000450. The zero-order valence-electron chi connectivity index (χ0n) is 16.3. The molecule has 0 aliphatic carbocycles. The Morgan fingerprint density at radius 2 is 2.17 bits per heavy atom. The van der Waals surface area contributed by atoms with Gasteiger partial charge in [0.25, 0.3) is 11.8 Å². The van der Waals surface area contributed by atoms with Crippen LogP contribution < -0.4 is 46.3 Å². The molecule has 0 unspecified atom stereocenters. The molecule has 6 N–H and O–H groups in total. The molecule has 0 bridgehead atoms. The molecule has 2 rings (SSSR count). The molecule has 0 aromatic carbocycles. The number of rotatable bonds is 9. The van der Waals surface area contributed by atoms with Crippen LogP contribution in [0.4, 0.5) is 9.93 Å². The first-order chi connectivity index (χ1) is 13.6. The van der Waals surface area contributed by atoms with E-state index in [2.05, 4.69) is 20.2 Å².